The molecule has 1 aromatic carbocycles. The molecule has 1 aliphatic rings. The summed E-state index contributed by atoms with van der Waals surface area (Å²) in [5.74, 6) is -0.00125. The van der Waals surface area contributed by atoms with Gasteiger partial charge in [0.1, 0.15) is 5.75 Å². The van der Waals surface area contributed by atoms with Crippen LogP contribution in [0, 0.1) is 0 Å². The molecule has 1 atom stereocenters. The second-order valence-corrected chi connectivity index (χ2v) is 5.15. The summed E-state index contributed by atoms with van der Waals surface area (Å²) < 4.78 is 0. The molecule has 1 heterocycles. The maximum Gasteiger partial charge on any atom is 0.139 e. The standard InChI is InChI=1S/C12H16Cl2N2O2.ClH/c13-8-5-9(12(18)10(14)6-8)11(7-17)16-3-1-15-2-4-16;/h5-6,11,15,17-18H,1-4,7H2;1H/t11-;/m1./s1. The van der Waals surface area contributed by atoms with E-state index in [4.69, 9.17) is 23.2 Å². The summed E-state index contributed by atoms with van der Waals surface area (Å²) in [6.07, 6.45) is 0. The normalized spacial score (nSPS) is 17.8. The quantitative estimate of drug-likeness (QED) is 0.795. The molecule has 0 saturated carbocycles. The van der Waals surface area contributed by atoms with Gasteiger partial charge in [0.25, 0.3) is 0 Å². The molecule has 0 bridgehead atoms. The highest BCUT2D eigenvalue weighted by Gasteiger charge is 2.25. The highest BCUT2D eigenvalue weighted by Crippen LogP contribution is 2.36. The SMILES string of the molecule is Cl.OC[C@H](c1cc(Cl)cc(Cl)c1O)N1CCNCC1. The Morgan fingerprint density at radius 1 is 1.26 bits per heavy atom. The van der Waals surface area contributed by atoms with Crippen LogP contribution in [-0.2, 0) is 0 Å². The van der Waals surface area contributed by atoms with Gasteiger partial charge in [-0.3, -0.25) is 4.90 Å². The number of halogens is 3. The van der Waals surface area contributed by atoms with Crippen molar-refractivity contribution in [3.05, 3.63) is 27.7 Å². The summed E-state index contributed by atoms with van der Waals surface area (Å²) >= 11 is 11.9. The maximum atomic E-state index is 10.0. The predicted octanol–water partition coefficient (Wildman–Crippen LogP) is 2.06. The zero-order chi connectivity index (χ0) is 13.1. The van der Waals surface area contributed by atoms with Gasteiger partial charge in [0.2, 0.25) is 0 Å². The molecule has 1 aromatic rings. The van der Waals surface area contributed by atoms with Crippen LogP contribution in [0.15, 0.2) is 12.1 Å². The zero-order valence-electron chi connectivity index (χ0n) is 10.3. The van der Waals surface area contributed by atoms with Gasteiger partial charge in [0.05, 0.1) is 17.7 Å². The molecule has 108 valence electrons. The Morgan fingerprint density at radius 3 is 2.47 bits per heavy atom. The minimum atomic E-state index is -0.275. The molecule has 0 aromatic heterocycles. The van der Waals surface area contributed by atoms with Crippen LogP contribution in [0.25, 0.3) is 0 Å². The molecule has 0 aliphatic carbocycles. The summed E-state index contributed by atoms with van der Waals surface area (Å²) in [7, 11) is 0. The van der Waals surface area contributed by atoms with Gasteiger partial charge in [-0.2, -0.15) is 0 Å². The molecular formula is C12H17Cl3N2O2. The molecule has 1 saturated heterocycles. The zero-order valence-corrected chi connectivity index (χ0v) is 12.6. The smallest absolute Gasteiger partial charge is 0.139 e. The maximum absolute atomic E-state index is 10.0. The van der Waals surface area contributed by atoms with E-state index in [-0.39, 0.29) is 35.8 Å². The Bertz CT molecular complexity index is 426. The number of hydrogen-bond donors (Lipinski definition) is 3. The monoisotopic (exact) mass is 326 g/mol. The Kier molecular flexibility index (Phi) is 6.66. The second kappa shape index (κ2) is 7.53. The minimum absolute atomic E-state index is 0. The Balaban J connectivity index is 0.00000180. The van der Waals surface area contributed by atoms with E-state index in [1.807, 2.05) is 0 Å². The van der Waals surface area contributed by atoms with Crippen molar-refractivity contribution >= 4 is 35.6 Å². The molecule has 7 heteroatoms. The van der Waals surface area contributed by atoms with Gasteiger partial charge in [-0.1, -0.05) is 23.2 Å². The van der Waals surface area contributed by atoms with Crippen LogP contribution in [0.2, 0.25) is 10.0 Å². The van der Waals surface area contributed by atoms with E-state index < -0.39 is 0 Å². The molecule has 0 spiro atoms. The van der Waals surface area contributed by atoms with Crippen molar-refractivity contribution in [1.29, 1.82) is 0 Å². The molecule has 0 radical (unpaired) electrons. The van der Waals surface area contributed by atoms with Crippen molar-refractivity contribution < 1.29 is 10.2 Å². The third-order valence-corrected chi connectivity index (χ3v) is 3.69. The molecule has 0 unspecified atom stereocenters. The molecule has 0 amide bonds. The fourth-order valence-corrected chi connectivity index (χ4v) is 2.75. The first-order chi connectivity index (χ1) is 8.63. The van der Waals surface area contributed by atoms with E-state index in [2.05, 4.69) is 10.2 Å². The van der Waals surface area contributed by atoms with Crippen molar-refractivity contribution in [2.45, 2.75) is 6.04 Å². The van der Waals surface area contributed by atoms with Crippen LogP contribution in [0.3, 0.4) is 0 Å². The summed E-state index contributed by atoms with van der Waals surface area (Å²) in [6, 6.07) is 2.88. The van der Waals surface area contributed by atoms with Gasteiger partial charge in [-0.05, 0) is 12.1 Å². The number of phenolic OH excluding ortho intramolecular Hbond substituents is 1. The summed E-state index contributed by atoms with van der Waals surface area (Å²) in [4.78, 5) is 2.11. The number of hydrogen-bond acceptors (Lipinski definition) is 4. The average molecular weight is 328 g/mol. The molecule has 1 fully saturated rings. The van der Waals surface area contributed by atoms with Gasteiger partial charge in [-0.25, -0.2) is 0 Å². The summed E-state index contributed by atoms with van der Waals surface area (Å²) in [6.45, 7) is 3.28. The highest BCUT2D eigenvalue weighted by atomic mass is 35.5. The van der Waals surface area contributed by atoms with Crippen LogP contribution in [0.4, 0.5) is 0 Å². The summed E-state index contributed by atoms with van der Waals surface area (Å²) in [5, 5.41) is 23.5. The van der Waals surface area contributed by atoms with Crippen molar-refractivity contribution in [3.8, 4) is 5.75 Å². The fourth-order valence-electron chi connectivity index (χ4n) is 2.24. The third-order valence-electron chi connectivity index (χ3n) is 3.18. The number of benzene rings is 1. The number of aromatic hydroxyl groups is 1. The second-order valence-electron chi connectivity index (χ2n) is 4.31. The predicted molar refractivity (Wildman–Crippen MR) is 79.6 cm³/mol. The van der Waals surface area contributed by atoms with Gasteiger partial charge in [0, 0.05) is 36.8 Å². The molecule has 1 aliphatic heterocycles. The Labute approximate surface area is 128 Å². The molecule has 4 nitrogen and oxygen atoms in total. The van der Waals surface area contributed by atoms with Crippen LogP contribution in [0.5, 0.6) is 5.75 Å². The highest BCUT2D eigenvalue weighted by molar-refractivity contribution is 6.35. The molecule has 3 N–H and O–H groups in total. The lowest BCUT2D eigenvalue weighted by Crippen LogP contribution is -2.46. The van der Waals surface area contributed by atoms with E-state index in [0.29, 0.717) is 10.6 Å². The van der Waals surface area contributed by atoms with E-state index in [1.54, 1.807) is 6.07 Å². The minimum Gasteiger partial charge on any atom is -0.506 e. The number of piperazine rings is 1. The average Bonchev–Trinajstić information content (AvgIpc) is 2.37. The lowest BCUT2D eigenvalue weighted by Gasteiger charge is -2.34. The van der Waals surface area contributed by atoms with E-state index in [0.717, 1.165) is 26.2 Å². The van der Waals surface area contributed by atoms with Gasteiger partial charge in [-0.15, -0.1) is 12.4 Å². The Hall–Kier alpha value is -0.230. The lowest BCUT2D eigenvalue weighted by molar-refractivity contribution is 0.109. The number of aliphatic hydroxyl groups is 1. The van der Waals surface area contributed by atoms with Crippen LogP contribution in [-0.4, -0.2) is 47.9 Å². The Morgan fingerprint density at radius 2 is 1.89 bits per heavy atom. The van der Waals surface area contributed by atoms with Gasteiger partial charge < -0.3 is 15.5 Å². The first kappa shape index (κ1) is 16.8. The third kappa shape index (κ3) is 3.88. The van der Waals surface area contributed by atoms with Crippen LogP contribution < -0.4 is 5.32 Å². The largest absolute Gasteiger partial charge is 0.506 e. The van der Waals surface area contributed by atoms with Crippen molar-refractivity contribution in [3.63, 3.8) is 0 Å². The molecular weight excluding hydrogens is 311 g/mol. The topological polar surface area (TPSA) is 55.7 Å². The number of phenols is 1. The lowest BCUT2D eigenvalue weighted by atomic mass is 10.0. The number of aliphatic hydroxyl groups excluding tert-OH is 1. The number of nitrogens with one attached hydrogen (secondary N) is 1. The fraction of sp³-hybridized carbons (Fsp3) is 0.500. The van der Waals surface area contributed by atoms with Crippen molar-refractivity contribution in [1.82, 2.24) is 10.2 Å². The van der Waals surface area contributed by atoms with E-state index >= 15 is 0 Å². The van der Waals surface area contributed by atoms with Crippen LogP contribution in [0.1, 0.15) is 11.6 Å². The number of rotatable bonds is 3. The first-order valence-electron chi connectivity index (χ1n) is 5.87. The van der Waals surface area contributed by atoms with Gasteiger partial charge >= 0.3 is 0 Å². The van der Waals surface area contributed by atoms with E-state index in [1.165, 1.54) is 6.07 Å². The van der Waals surface area contributed by atoms with Crippen molar-refractivity contribution in [2.75, 3.05) is 32.8 Å². The molecule has 19 heavy (non-hydrogen) atoms. The van der Waals surface area contributed by atoms with Crippen LogP contribution >= 0.6 is 35.6 Å². The van der Waals surface area contributed by atoms with Gasteiger partial charge in [0.15, 0.2) is 0 Å². The van der Waals surface area contributed by atoms with E-state index in [9.17, 15) is 10.2 Å². The first-order valence-corrected chi connectivity index (χ1v) is 6.62. The molecule has 2 rings (SSSR count). The number of nitrogens with zero attached hydrogens (tertiary/aromatic N) is 1. The summed E-state index contributed by atoms with van der Waals surface area (Å²) in [5.41, 5.74) is 0.580. The van der Waals surface area contributed by atoms with Crippen molar-refractivity contribution in [2.24, 2.45) is 0 Å².